The van der Waals surface area contributed by atoms with Gasteiger partial charge in [-0.05, 0) is 30.5 Å². The molecule has 0 N–H and O–H groups in total. The molecule has 0 bridgehead atoms. The molecule has 1 heterocycles. The minimum absolute atomic E-state index is 0. The Bertz CT molecular complexity index is 520. The van der Waals surface area contributed by atoms with E-state index in [1.165, 1.54) is 44.1 Å². The molecular formula is C18H26Cl2N2. The standard InChI is InChI=1S/C18H26ClN2.ClH/c1-2-3-4-5-6-7-12-20-13-14-21(16-20)15-17-8-10-18(19)11-9-17;/h8-11,13-14,16H,2-7,12,15H2,1H3;1H/q+1;/p-1. The smallest absolute Gasteiger partial charge is 0.244 e. The van der Waals surface area contributed by atoms with Gasteiger partial charge in [0.25, 0.3) is 0 Å². The Morgan fingerprint density at radius 1 is 1.00 bits per heavy atom. The van der Waals surface area contributed by atoms with Crippen molar-refractivity contribution in [3.63, 3.8) is 0 Å². The number of nitrogens with zero attached hydrogens (tertiary/aromatic N) is 2. The number of hydrogen-bond acceptors (Lipinski definition) is 0. The predicted molar refractivity (Wildman–Crippen MR) is 88.6 cm³/mol. The van der Waals surface area contributed by atoms with Crippen LogP contribution in [-0.4, -0.2) is 4.57 Å². The molecule has 4 heteroatoms. The molecular weight excluding hydrogens is 315 g/mol. The van der Waals surface area contributed by atoms with Crippen LogP contribution in [-0.2, 0) is 13.1 Å². The average molecular weight is 341 g/mol. The minimum Gasteiger partial charge on any atom is -1.00 e. The van der Waals surface area contributed by atoms with Crippen LogP contribution >= 0.6 is 11.6 Å². The van der Waals surface area contributed by atoms with Crippen molar-refractivity contribution in [3.05, 3.63) is 53.6 Å². The first kappa shape index (κ1) is 19.1. The van der Waals surface area contributed by atoms with Crippen LogP contribution in [0.1, 0.15) is 51.0 Å². The van der Waals surface area contributed by atoms with Crippen LogP contribution in [0.3, 0.4) is 0 Å². The molecule has 0 saturated heterocycles. The van der Waals surface area contributed by atoms with Crippen molar-refractivity contribution in [1.82, 2.24) is 4.57 Å². The summed E-state index contributed by atoms with van der Waals surface area (Å²) in [5, 5.41) is 0.796. The normalized spacial score (nSPS) is 10.5. The van der Waals surface area contributed by atoms with Crippen LogP contribution < -0.4 is 17.0 Å². The molecule has 0 atom stereocenters. The first-order valence-corrected chi connectivity index (χ1v) is 8.45. The maximum absolute atomic E-state index is 5.91. The molecule has 0 aliphatic carbocycles. The number of halogens is 2. The summed E-state index contributed by atoms with van der Waals surface area (Å²) < 4.78 is 4.51. The second kappa shape index (κ2) is 10.7. The van der Waals surface area contributed by atoms with Crippen molar-refractivity contribution in [3.8, 4) is 0 Å². The molecule has 0 aliphatic heterocycles. The molecule has 2 rings (SSSR count). The zero-order valence-corrected chi connectivity index (χ0v) is 14.9. The summed E-state index contributed by atoms with van der Waals surface area (Å²) in [4.78, 5) is 0. The Morgan fingerprint density at radius 3 is 2.41 bits per heavy atom. The molecule has 1 aromatic heterocycles. The van der Waals surface area contributed by atoms with Crippen molar-refractivity contribution >= 4 is 11.6 Å². The molecule has 0 unspecified atom stereocenters. The van der Waals surface area contributed by atoms with E-state index in [1.807, 2.05) is 12.1 Å². The zero-order valence-electron chi connectivity index (χ0n) is 13.3. The zero-order chi connectivity index (χ0) is 14.9. The lowest BCUT2D eigenvalue weighted by Gasteiger charge is -1.99. The summed E-state index contributed by atoms with van der Waals surface area (Å²) in [6.07, 6.45) is 14.6. The summed E-state index contributed by atoms with van der Waals surface area (Å²) in [6, 6.07) is 8.07. The maximum atomic E-state index is 5.91. The highest BCUT2D eigenvalue weighted by Crippen LogP contribution is 2.09. The number of rotatable bonds is 9. The second-order valence-corrected chi connectivity index (χ2v) is 6.15. The molecule has 22 heavy (non-hydrogen) atoms. The monoisotopic (exact) mass is 340 g/mol. The number of hydrogen-bond donors (Lipinski definition) is 0. The predicted octanol–water partition coefficient (Wildman–Crippen LogP) is 1.84. The third-order valence-electron chi connectivity index (χ3n) is 3.79. The largest absolute Gasteiger partial charge is 1.00 e. The maximum Gasteiger partial charge on any atom is 0.244 e. The molecule has 122 valence electrons. The van der Waals surface area contributed by atoms with Crippen LogP contribution in [0.2, 0.25) is 5.02 Å². The van der Waals surface area contributed by atoms with Gasteiger partial charge in [0.15, 0.2) is 0 Å². The van der Waals surface area contributed by atoms with E-state index in [0.717, 1.165) is 18.1 Å². The molecule has 1 aromatic carbocycles. The van der Waals surface area contributed by atoms with Crippen LogP contribution in [0.25, 0.3) is 0 Å². The van der Waals surface area contributed by atoms with Crippen molar-refractivity contribution in [2.24, 2.45) is 0 Å². The van der Waals surface area contributed by atoms with Crippen molar-refractivity contribution in [2.75, 3.05) is 0 Å². The summed E-state index contributed by atoms with van der Waals surface area (Å²) in [7, 11) is 0. The van der Waals surface area contributed by atoms with Gasteiger partial charge < -0.3 is 12.4 Å². The van der Waals surface area contributed by atoms with Gasteiger partial charge in [-0.15, -0.1) is 0 Å². The van der Waals surface area contributed by atoms with E-state index < -0.39 is 0 Å². The van der Waals surface area contributed by atoms with Crippen molar-refractivity contribution in [1.29, 1.82) is 0 Å². The van der Waals surface area contributed by atoms with Gasteiger partial charge in [-0.2, -0.15) is 0 Å². The first-order valence-electron chi connectivity index (χ1n) is 8.07. The van der Waals surface area contributed by atoms with E-state index in [9.17, 15) is 0 Å². The third kappa shape index (κ3) is 6.85. The average Bonchev–Trinajstić information content (AvgIpc) is 2.93. The number of unbranched alkanes of at least 4 members (excludes halogenated alkanes) is 5. The quantitative estimate of drug-likeness (QED) is 0.486. The van der Waals surface area contributed by atoms with Gasteiger partial charge in [-0.1, -0.05) is 56.3 Å². The number of aromatic nitrogens is 2. The van der Waals surface area contributed by atoms with Crippen molar-refractivity contribution in [2.45, 2.75) is 58.5 Å². The molecule has 0 spiro atoms. The highest BCUT2D eigenvalue weighted by molar-refractivity contribution is 6.30. The fourth-order valence-electron chi connectivity index (χ4n) is 2.54. The van der Waals surface area contributed by atoms with Gasteiger partial charge in [-0.3, -0.25) is 0 Å². The lowest BCUT2D eigenvalue weighted by atomic mass is 10.1. The van der Waals surface area contributed by atoms with E-state index >= 15 is 0 Å². The fourth-order valence-corrected chi connectivity index (χ4v) is 2.67. The summed E-state index contributed by atoms with van der Waals surface area (Å²) in [5.74, 6) is 0. The summed E-state index contributed by atoms with van der Waals surface area (Å²) in [6.45, 7) is 4.29. The van der Waals surface area contributed by atoms with Crippen LogP contribution in [0.15, 0.2) is 43.0 Å². The van der Waals surface area contributed by atoms with Crippen LogP contribution in [0, 0.1) is 0 Å². The fraction of sp³-hybridized carbons (Fsp3) is 0.500. The van der Waals surface area contributed by atoms with E-state index in [-0.39, 0.29) is 12.4 Å². The van der Waals surface area contributed by atoms with Gasteiger partial charge in [0.2, 0.25) is 6.33 Å². The Labute approximate surface area is 145 Å². The summed E-state index contributed by atoms with van der Waals surface area (Å²) >= 11 is 5.91. The van der Waals surface area contributed by atoms with Gasteiger partial charge in [-0.25, -0.2) is 9.13 Å². The van der Waals surface area contributed by atoms with E-state index in [1.54, 1.807) is 0 Å². The number of benzene rings is 1. The summed E-state index contributed by atoms with van der Waals surface area (Å²) in [5.41, 5.74) is 1.28. The number of imidazole rings is 1. The molecule has 2 nitrogen and oxygen atoms in total. The molecule has 2 aromatic rings. The second-order valence-electron chi connectivity index (χ2n) is 5.72. The van der Waals surface area contributed by atoms with Gasteiger partial charge >= 0.3 is 0 Å². The topological polar surface area (TPSA) is 8.81 Å². The molecule has 0 fully saturated rings. The molecule has 0 amide bonds. The molecule has 0 saturated carbocycles. The Hall–Kier alpha value is -0.990. The van der Waals surface area contributed by atoms with Crippen LogP contribution in [0.5, 0.6) is 0 Å². The molecule has 0 aliphatic rings. The Morgan fingerprint density at radius 2 is 1.68 bits per heavy atom. The Kier molecular flexibility index (Phi) is 9.26. The number of aryl methyl sites for hydroxylation is 1. The highest BCUT2D eigenvalue weighted by atomic mass is 35.5. The van der Waals surface area contributed by atoms with Crippen molar-refractivity contribution < 1.29 is 17.0 Å². The molecule has 0 radical (unpaired) electrons. The third-order valence-corrected chi connectivity index (χ3v) is 4.05. The van der Waals surface area contributed by atoms with Gasteiger partial charge in [0.05, 0.1) is 6.54 Å². The van der Waals surface area contributed by atoms with E-state index in [4.69, 9.17) is 11.6 Å². The lowest BCUT2D eigenvalue weighted by molar-refractivity contribution is -0.687. The SMILES string of the molecule is CCCCCCCCn1cc[n+](Cc2ccc(Cl)cc2)c1.[Cl-]. The van der Waals surface area contributed by atoms with E-state index in [0.29, 0.717) is 0 Å². The highest BCUT2D eigenvalue weighted by Gasteiger charge is 2.04. The lowest BCUT2D eigenvalue weighted by Crippen LogP contribution is -3.00. The van der Waals surface area contributed by atoms with Gasteiger partial charge in [0.1, 0.15) is 18.9 Å². The van der Waals surface area contributed by atoms with E-state index in [2.05, 4.69) is 46.9 Å². The van der Waals surface area contributed by atoms with Gasteiger partial charge in [0, 0.05) is 5.02 Å². The first-order chi connectivity index (χ1) is 10.3. The minimum atomic E-state index is 0. The van der Waals surface area contributed by atoms with Crippen LogP contribution in [0.4, 0.5) is 0 Å². The Balaban J connectivity index is 0.00000242.